The first kappa shape index (κ1) is 16.7. The van der Waals surface area contributed by atoms with Gasteiger partial charge in [0.25, 0.3) is 0 Å². The maximum absolute atomic E-state index is 9.26. The third-order valence-electron chi connectivity index (χ3n) is 6.21. The van der Waals surface area contributed by atoms with Gasteiger partial charge in [0.2, 0.25) is 0 Å². The largest absolute Gasteiger partial charge is 0.480 e. The van der Waals surface area contributed by atoms with E-state index in [0.717, 1.165) is 17.6 Å². The monoisotopic (exact) mass is 357 g/mol. The Morgan fingerprint density at radius 3 is 2.48 bits per heavy atom. The van der Waals surface area contributed by atoms with Gasteiger partial charge in [-0.3, -0.25) is 10.3 Å². The molecule has 2 atom stereocenters. The highest BCUT2D eigenvalue weighted by Crippen LogP contribution is 2.62. The predicted molar refractivity (Wildman–Crippen MR) is 98.6 cm³/mol. The normalized spacial score (nSPS) is 33.4. The molecule has 2 unspecified atom stereocenters. The fraction of sp³-hybridized carbons (Fsp3) is 0.600. The first-order valence-corrected chi connectivity index (χ1v) is 9.48. The first-order chi connectivity index (χ1) is 11.9. The van der Waals surface area contributed by atoms with E-state index in [1.54, 1.807) is 12.1 Å². The lowest BCUT2D eigenvalue weighted by Gasteiger charge is -2.33. The molecule has 0 radical (unpaired) electrons. The summed E-state index contributed by atoms with van der Waals surface area (Å²) in [6.45, 7) is 3.92. The molecule has 0 aromatic heterocycles. The highest BCUT2D eigenvalue weighted by Gasteiger charge is 2.58. The van der Waals surface area contributed by atoms with Crippen molar-refractivity contribution in [2.45, 2.75) is 57.1 Å². The molecule has 0 spiro atoms. The quantitative estimate of drug-likeness (QED) is 0.372. The van der Waals surface area contributed by atoms with Gasteiger partial charge in [-0.15, -0.1) is 0 Å². The number of amidine groups is 1. The van der Waals surface area contributed by atoms with E-state index in [1.165, 1.54) is 32.1 Å². The number of nitrogens with zero attached hydrogens (tertiary/aromatic N) is 2. The molecule has 1 N–H and O–H groups in total. The van der Waals surface area contributed by atoms with Crippen LogP contribution >= 0.6 is 11.6 Å². The molecule has 0 aliphatic heterocycles. The van der Waals surface area contributed by atoms with E-state index in [0.29, 0.717) is 16.8 Å². The molecule has 4 bridgehead atoms. The van der Waals surface area contributed by atoms with Gasteiger partial charge in [0.1, 0.15) is 5.75 Å². The summed E-state index contributed by atoms with van der Waals surface area (Å²) >= 11 is 5.95. The van der Waals surface area contributed by atoms with Gasteiger partial charge in [-0.1, -0.05) is 11.6 Å². The smallest absolute Gasteiger partial charge is 0.182 e. The summed E-state index contributed by atoms with van der Waals surface area (Å²) in [5.74, 6) is 3.68. The first-order valence-electron chi connectivity index (χ1n) is 9.10. The zero-order valence-corrected chi connectivity index (χ0v) is 15.5. The Morgan fingerprint density at radius 2 is 1.88 bits per heavy atom. The Labute approximate surface area is 154 Å². The second-order valence-electron chi connectivity index (χ2n) is 8.41. The van der Waals surface area contributed by atoms with Crippen molar-refractivity contribution in [1.29, 1.82) is 5.26 Å². The molecule has 4 saturated carbocycles. The summed E-state index contributed by atoms with van der Waals surface area (Å²) in [6.07, 6.45) is 8.38. The second-order valence-corrected chi connectivity index (χ2v) is 8.85. The molecule has 5 rings (SSSR count). The number of rotatable bonds is 4. The van der Waals surface area contributed by atoms with Crippen LogP contribution in [0.1, 0.15) is 46.0 Å². The van der Waals surface area contributed by atoms with Gasteiger partial charge in [-0.2, -0.15) is 5.26 Å². The van der Waals surface area contributed by atoms with Crippen LogP contribution in [-0.4, -0.2) is 17.0 Å². The highest BCUT2D eigenvalue weighted by molar-refractivity contribution is 6.30. The lowest BCUT2D eigenvalue weighted by Crippen LogP contribution is -2.47. The number of halogens is 1. The molecule has 0 saturated heterocycles. The molecule has 4 nitrogen and oxygen atoms in total. The maximum Gasteiger partial charge on any atom is 0.182 e. The Hall–Kier alpha value is -1.73. The molecule has 25 heavy (non-hydrogen) atoms. The van der Waals surface area contributed by atoms with Crippen molar-refractivity contribution in [3.8, 4) is 11.9 Å². The topological polar surface area (TPSA) is 57.4 Å². The van der Waals surface area contributed by atoms with Crippen molar-refractivity contribution < 1.29 is 4.74 Å². The minimum absolute atomic E-state index is 0.0212. The van der Waals surface area contributed by atoms with Gasteiger partial charge in [-0.25, -0.2) is 0 Å². The summed E-state index contributed by atoms with van der Waals surface area (Å²) in [5, 5.41) is 12.8. The number of aliphatic imine (C=N–C) groups is 1. The molecule has 0 heterocycles. The zero-order valence-electron chi connectivity index (χ0n) is 14.8. The van der Waals surface area contributed by atoms with Crippen LogP contribution in [-0.2, 0) is 0 Å². The highest BCUT2D eigenvalue weighted by atomic mass is 35.5. The van der Waals surface area contributed by atoms with Gasteiger partial charge in [0.05, 0.1) is 5.54 Å². The fourth-order valence-electron chi connectivity index (χ4n) is 5.37. The van der Waals surface area contributed by atoms with Crippen LogP contribution in [0.15, 0.2) is 29.3 Å². The molecular weight excluding hydrogens is 334 g/mol. The molecule has 1 aromatic rings. The van der Waals surface area contributed by atoms with Crippen molar-refractivity contribution >= 4 is 17.4 Å². The number of hydrogen-bond acceptors (Lipinski definition) is 3. The van der Waals surface area contributed by atoms with Crippen molar-refractivity contribution in [2.75, 3.05) is 0 Å². The second kappa shape index (κ2) is 5.92. The molecule has 4 aliphatic rings. The van der Waals surface area contributed by atoms with E-state index in [1.807, 2.05) is 26.0 Å². The Kier molecular flexibility index (Phi) is 3.96. The number of ether oxygens (including phenoxy) is 1. The lowest BCUT2D eigenvalue weighted by atomic mass is 9.80. The molecule has 5 heteroatoms. The average Bonchev–Trinajstić information content (AvgIpc) is 2.93. The molecule has 4 fully saturated rings. The van der Waals surface area contributed by atoms with E-state index in [9.17, 15) is 5.26 Å². The van der Waals surface area contributed by atoms with Crippen molar-refractivity contribution in [2.24, 2.45) is 22.7 Å². The van der Waals surface area contributed by atoms with Crippen molar-refractivity contribution in [3.63, 3.8) is 0 Å². The van der Waals surface area contributed by atoms with Crippen LogP contribution in [0, 0.1) is 29.2 Å². The van der Waals surface area contributed by atoms with Crippen LogP contribution in [0.3, 0.4) is 0 Å². The van der Waals surface area contributed by atoms with Gasteiger partial charge < -0.3 is 4.74 Å². The minimum atomic E-state index is -0.710. The van der Waals surface area contributed by atoms with Gasteiger partial charge in [-0.05, 0) is 88.0 Å². The van der Waals surface area contributed by atoms with E-state index in [4.69, 9.17) is 21.3 Å². The Bertz CT molecular complexity index is 720. The van der Waals surface area contributed by atoms with Gasteiger partial charge in [0, 0.05) is 5.02 Å². The van der Waals surface area contributed by atoms with E-state index >= 15 is 0 Å². The van der Waals surface area contributed by atoms with Crippen molar-refractivity contribution in [1.82, 2.24) is 5.32 Å². The molecule has 0 amide bonds. The van der Waals surface area contributed by atoms with Crippen LogP contribution < -0.4 is 10.1 Å². The van der Waals surface area contributed by atoms with Crippen LogP contribution in [0.5, 0.6) is 5.75 Å². The summed E-state index contributed by atoms with van der Waals surface area (Å²) in [4.78, 5) is 5.16. The summed E-state index contributed by atoms with van der Waals surface area (Å²) < 4.78 is 6.16. The van der Waals surface area contributed by atoms with E-state index < -0.39 is 5.60 Å². The molecular formula is C20H24ClN3O. The Balaban J connectivity index is 1.62. The minimum Gasteiger partial charge on any atom is -0.480 e. The Morgan fingerprint density at radius 1 is 1.24 bits per heavy atom. The molecule has 4 aliphatic carbocycles. The van der Waals surface area contributed by atoms with E-state index in [-0.39, 0.29) is 5.54 Å². The standard InChI is InChI=1S/C20H24ClN3O/c1-19(2,25-17-5-3-16(21)4-6-17)18(23-12-22)24-20-10-13-7-14(11-20)9-15(20)8-13/h3-6,13-15H,7-11H2,1-2H3,(H,23,24). The number of benzene rings is 1. The summed E-state index contributed by atoms with van der Waals surface area (Å²) in [6, 6.07) is 7.29. The van der Waals surface area contributed by atoms with E-state index in [2.05, 4.69) is 11.5 Å². The van der Waals surface area contributed by atoms with Crippen LogP contribution in [0.2, 0.25) is 5.02 Å². The van der Waals surface area contributed by atoms with Crippen LogP contribution in [0.4, 0.5) is 0 Å². The lowest BCUT2D eigenvalue weighted by molar-refractivity contribution is 0.176. The third-order valence-corrected chi connectivity index (χ3v) is 6.46. The van der Waals surface area contributed by atoms with Gasteiger partial charge in [0.15, 0.2) is 17.6 Å². The third kappa shape index (κ3) is 3.00. The predicted octanol–water partition coefficient (Wildman–Crippen LogP) is 4.55. The summed E-state index contributed by atoms with van der Waals surface area (Å²) in [5.41, 5.74) is -0.689. The average molecular weight is 358 g/mol. The van der Waals surface area contributed by atoms with Crippen LogP contribution in [0.25, 0.3) is 0 Å². The SMILES string of the molecule is CC(C)(Oc1ccc(Cl)cc1)C(=NC12CC3CC(CC1C3)C2)NC#N. The maximum atomic E-state index is 9.26. The molecule has 1 aromatic carbocycles. The fourth-order valence-corrected chi connectivity index (χ4v) is 5.50. The van der Waals surface area contributed by atoms with Gasteiger partial charge >= 0.3 is 0 Å². The summed E-state index contributed by atoms with van der Waals surface area (Å²) in [7, 11) is 0. The number of nitrogens with one attached hydrogen (secondary N) is 1. The number of nitriles is 1. The number of hydrogen-bond donors (Lipinski definition) is 1. The zero-order chi connectivity index (χ0) is 17.7. The van der Waals surface area contributed by atoms with Crippen molar-refractivity contribution in [3.05, 3.63) is 29.3 Å². The molecule has 132 valence electrons.